The summed E-state index contributed by atoms with van der Waals surface area (Å²) in [5.74, 6) is 0.835. The van der Waals surface area contributed by atoms with E-state index >= 15 is 0 Å². The fourth-order valence-corrected chi connectivity index (χ4v) is 2.87. The zero-order valence-corrected chi connectivity index (χ0v) is 13.7. The molecule has 5 nitrogen and oxygen atoms in total. The van der Waals surface area contributed by atoms with Crippen LogP contribution in [0, 0.1) is 0 Å². The van der Waals surface area contributed by atoms with E-state index in [1.165, 1.54) is 0 Å². The molecule has 0 saturated carbocycles. The van der Waals surface area contributed by atoms with E-state index in [2.05, 4.69) is 29.1 Å². The molecule has 2 aromatic heterocycles. The Kier molecular flexibility index (Phi) is 4.29. The molecule has 0 bridgehead atoms. The van der Waals surface area contributed by atoms with Crippen LogP contribution in [0.4, 0.5) is 0 Å². The van der Waals surface area contributed by atoms with Crippen LogP contribution in [-0.2, 0) is 0 Å². The molecule has 0 aliphatic heterocycles. The van der Waals surface area contributed by atoms with Gasteiger partial charge < -0.3 is 4.74 Å². The molecule has 22 heavy (non-hydrogen) atoms. The minimum absolute atomic E-state index is 0.485. The summed E-state index contributed by atoms with van der Waals surface area (Å²) >= 11 is 1.70. The summed E-state index contributed by atoms with van der Waals surface area (Å²) in [7, 11) is 1.66. The van der Waals surface area contributed by atoms with Crippen molar-refractivity contribution < 1.29 is 4.74 Å². The molecule has 0 amide bonds. The van der Waals surface area contributed by atoms with E-state index in [1.54, 1.807) is 18.9 Å². The van der Waals surface area contributed by atoms with E-state index in [-0.39, 0.29) is 0 Å². The summed E-state index contributed by atoms with van der Waals surface area (Å²) < 4.78 is 7.01. The molecule has 3 rings (SSSR count). The van der Waals surface area contributed by atoms with Gasteiger partial charge in [0.25, 0.3) is 0 Å². The highest BCUT2D eigenvalue weighted by atomic mass is 32.2. The van der Waals surface area contributed by atoms with Crippen molar-refractivity contribution in [2.75, 3.05) is 7.11 Å². The zero-order chi connectivity index (χ0) is 15.5. The van der Waals surface area contributed by atoms with Gasteiger partial charge in [-0.25, -0.2) is 0 Å². The molecule has 1 aromatic carbocycles. The first-order chi connectivity index (χ1) is 10.7. The Morgan fingerprint density at radius 2 is 1.91 bits per heavy atom. The standard InChI is InChI=1S/C16H18N4OS/c1-4-11(2)22-16-18-17-15-10-9-14(19-20(15)16)12-5-7-13(21-3)8-6-12/h5-11H,4H2,1-3H3. The van der Waals surface area contributed by atoms with Crippen LogP contribution in [0.1, 0.15) is 20.3 Å². The van der Waals surface area contributed by atoms with Crippen molar-refractivity contribution in [3.63, 3.8) is 0 Å². The summed E-state index contributed by atoms with van der Waals surface area (Å²) in [6, 6.07) is 11.8. The molecule has 1 atom stereocenters. The minimum Gasteiger partial charge on any atom is -0.497 e. The van der Waals surface area contributed by atoms with E-state index in [4.69, 9.17) is 4.74 Å². The number of benzene rings is 1. The topological polar surface area (TPSA) is 52.3 Å². The molecule has 6 heteroatoms. The lowest BCUT2D eigenvalue weighted by Gasteiger charge is -2.07. The smallest absolute Gasteiger partial charge is 0.212 e. The Morgan fingerprint density at radius 1 is 1.14 bits per heavy atom. The molecule has 0 N–H and O–H groups in total. The Hall–Kier alpha value is -2.08. The number of aromatic nitrogens is 4. The molecule has 3 aromatic rings. The second-order valence-corrected chi connectivity index (χ2v) is 6.44. The molecule has 0 aliphatic rings. The first-order valence-electron chi connectivity index (χ1n) is 7.24. The second-order valence-electron chi connectivity index (χ2n) is 5.04. The molecule has 1 unspecified atom stereocenters. The first-order valence-corrected chi connectivity index (χ1v) is 8.12. The molecule has 0 saturated heterocycles. The number of ether oxygens (including phenoxy) is 1. The van der Waals surface area contributed by atoms with Gasteiger partial charge in [0.15, 0.2) is 5.65 Å². The fourth-order valence-electron chi connectivity index (χ4n) is 2.02. The van der Waals surface area contributed by atoms with Gasteiger partial charge >= 0.3 is 0 Å². The number of fused-ring (bicyclic) bond motifs is 1. The zero-order valence-electron chi connectivity index (χ0n) is 12.9. The van der Waals surface area contributed by atoms with Crippen molar-refractivity contribution in [3.8, 4) is 17.0 Å². The van der Waals surface area contributed by atoms with Crippen LogP contribution in [0.3, 0.4) is 0 Å². The number of thioether (sulfide) groups is 1. The van der Waals surface area contributed by atoms with E-state index < -0.39 is 0 Å². The van der Waals surface area contributed by atoms with Gasteiger partial charge in [0.05, 0.1) is 12.8 Å². The maximum atomic E-state index is 5.19. The minimum atomic E-state index is 0.485. The van der Waals surface area contributed by atoms with E-state index in [0.717, 1.165) is 34.2 Å². The number of methoxy groups -OCH3 is 1. The Labute approximate surface area is 133 Å². The van der Waals surface area contributed by atoms with Crippen molar-refractivity contribution in [1.29, 1.82) is 0 Å². The van der Waals surface area contributed by atoms with Gasteiger partial charge in [-0.15, -0.1) is 10.2 Å². The Morgan fingerprint density at radius 3 is 2.59 bits per heavy atom. The van der Waals surface area contributed by atoms with Gasteiger partial charge in [-0.2, -0.15) is 9.61 Å². The summed E-state index contributed by atoms with van der Waals surface area (Å²) in [5.41, 5.74) is 2.69. The summed E-state index contributed by atoms with van der Waals surface area (Å²) in [5, 5.41) is 14.4. The van der Waals surface area contributed by atoms with Crippen LogP contribution < -0.4 is 4.74 Å². The third-order valence-corrected chi connectivity index (χ3v) is 4.70. The molecular weight excluding hydrogens is 296 g/mol. The largest absolute Gasteiger partial charge is 0.497 e. The predicted octanol–water partition coefficient (Wildman–Crippen LogP) is 3.69. The van der Waals surface area contributed by atoms with Gasteiger partial charge in [0.1, 0.15) is 5.75 Å². The highest BCUT2D eigenvalue weighted by molar-refractivity contribution is 7.99. The van der Waals surface area contributed by atoms with Crippen LogP contribution in [-0.4, -0.2) is 32.2 Å². The van der Waals surface area contributed by atoms with Crippen molar-refractivity contribution in [2.24, 2.45) is 0 Å². The second kappa shape index (κ2) is 6.36. The van der Waals surface area contributed by atoms with Gasteiger partial charge in [0, 0.05) is 10.8 Å². The average Bonchev–Trinajstić information content (AvgIpc) is 2.97. The van der Waals surface area contributed by atoms with Gasteiger partial charge in [-0.05, 0) is 42.8 Å². The van der Waals surface area contributed by atoms with Crippen molar-refractivity contribution in [2.45, 2.75) is 30.7 Å². The first kappa shape index (κ1) is 14.8. The molecular formula is C16H18N4OS. The normalized spacial score (nSPS) is 12.5. The fraction of sp³-hybridized carbons (Fsp3) is 0.312. The third-order valence-electron chi connectivity index (χ3n) is 3.50. The number of rotatable bonds is 5. The van der Waals surface area contributed by atoms with Crippen LogP contribution in [0.2, 0.25) is 0 Å². The molecule has 114 valence electrons. The number of hydrogen-bond acceptors (Lipinski definition) is 5. The van der Waals surface area contributed by atoms with E-state index in [0.29, 0.717) is 5.25 Å². The van der Waals surface area contributed by atoms with E-state index in [9.17, 15) is 0 Å². The average molecular weight is 314 g/mol. The van der Waals surface area contributed by atoms with Gasteiger partial charge in [-0.3, -0.25) is 0 Å². The molecule has 0 radical (unpaired) electrons. The molecule has 0 aliphatic carbocycles. The van der Waals surface area contributed by atoms with Crippen molar-refractivity contribution in [3.05, 3.63) is 36.4 Å². The highest BCUT2D eigenvalue weighted by Crippen LogP contribution is 2.25. The predicted molar refractivity (Wildman–Crippen MR) is 88.4 cm³/mol. The highest BCUT2D eigenvalue weighted by Gasteiger charge is 2.12. The molecule has 0 spiro atoms. The Balaban J connectivity index is 1.98. The van der Waals surface area contributed by atoms with Gasteiger partial charge in [0.2, 0.25) is 5.16 Å². The lowest BCUT2D eigenvalue weighted by Crippen LogP contribution is -2.00. The van der Waals surface area contributed by atoms with Crippen LogP contribution >= 0.6 is 11.8 Å². The van der Waals surface area contributed by atoms with Crippen molar-refractivity contribution in [1.82, 2.24) is 19.8 Å². The summed E-state index contributed by atoms with van der Waals surface area (Å²) in [6.45, 7) is 4.34. The maximum Gasteiger partial charge on any atom is 0.212 e. The van der Waals surface area contributed by atoms with Crippen molar-refractivity contribution >= 4 is 17.4 Å². The lowest BCUT2D eigenvalue weighted by atomic mass is 10.1. The summed E-state index contributed by atoms with van der Waals surface area (Å²) in [4.78, 5) is 0. The quantitative estimate of drug-likeness (QED) is 0.672. The number of nitrogens with zero attached hydrogens (tertiary/aromatic N) is 4. The Bertz CT molecular complexity index is 769. The van der Waals surface area contributed by atoms with Gasteiger partial charge in [-0.1, -0.05) is 25.6 Å². The van der Waals surface area contributed by atoms with Crippen LogP contribution in [0.15, 0.2) is 41.6 Å². The number of hydrogen-bond donors (Lipinski definition) is 0. The molecule has 0 fully saturated rings. The maximum absolute atomic E-state index is 5.19. The lowest BCUT2D eigenvalue weighted by molar-refractivity contribution is 0.415. The SMILES string of the molecule is CCC(C)Sc1nnc2ccc(-c3ccc(OC)cc3)nn12. The monoisotopic (exact) mass is 314 g/mol. The third kappa shape index (κ3) is 2.92. The van der Waals surface area contributed by atoms with Crippen LogP contribution in [0.25, 0.3) is 16.9 Å². The molecule has 2 heterocycles. The van der Waals surface area contributed by atoms with Crippen LogP contribution in [0.5, 0.6) is 5.75 Å². The summed E-state index contributed by atoms with van der Waals surface area (Å²) in [6.07, 6.45) is 1.08. The van der Waals surface area contributed by atoms with E-state index in [1.807, 2.05) is 40.9 Å².